The Labute approximate surface area is 82.1 Å². The highest BCUT2D eigenvalue weighted by Crippen LogP contribution is 2.47. The molecule has 1 N–H and O–H groups in total. The Morgan fingerprint density at radius 3 is 2.86 bits per heavy atom. The molecule has 1 aromatic rings. The molecule has 1 fully saturated rings. The molecule has 0 spiro atoms. The van der Waals surface area contributed by atoms with E-state index in [1.807, 2.05) is 7.05 Å². The Hall–Kier alpha value is -0.960. The van der Waals surface area contributed by atoms with Crippen molar-refractivity contribution in [2.75, 3.05) is 13.6 Å². The zero-order valence-electron chi connectivity index (χ0n) is 8.06. The quantitative estimate of drug-likeness (QED) is 0.784. The lowest BCUT2D eigenvalue weighted by molar-refractivity contribution is 0.568. The molecule has 1 aliphatic carbocycles. The molecule has 3 heteroatoms. The van der Waals surface area contributed by atoms with Gasteiger partial charge in [-0.3, -0.25) is 0 Å². The van der Waals surface area contributed by atoms with Crippen molar-refractivity contribution < 1.29 is 8.78 Å². The molecule has 14 heavy (non-hydrogen) atoms. The molecule has 1 nitrogen and oxygen atoms in total. The number of hydrogen-bond donors (Lipinski definition) is 1. The van der Waals surface area contributed by atoms with Crippen molar-refractivity contribution in [1.29, 1.82) is 0 Å². The van der Waals surface area contributed by atoms with Crippen molar-refractivity contribution in [3.63, 3.8) is 0 Å². The molecule has 1 aliphatic rings. The Bertz CT molecular complexity index is 338. The lowest BCUT2D eigenvalue weighted by atomic mass is 10.1. The summed E-state index contributed by atoms with van der Waals surface area (Å²) in [6.07, 6.45) is 1.00. The Morgan fingerprint density at radius 1 is 1.43 bits per heavy atom. The number of rotatable bonds is 3. The molecule has 0 bridgehead atoms. The molecule has 0 saturated heterocycles. The highest BCUT2D eigenvalue weighted by atomic mass is 19.1. The Kier molecular flexibility index (Phi) is 2.50. The first-order valence-electron chi connectivity index (χ1n) is 4.82. The third-order valence-electron chi connectivity index (χ3n) is 2.75. The molecule has 0 heterocycles. The van der Waals surface area contributed by atoms with Crippen LogP contribution in [0.5, 0.6) is 0 Å². The van der Waals surface area contributed by atoms with Gasteiger partial charge in [0.15, 0.2) is 0 Å². The summed E-state index contributed by atoms with van der Waals surface area (Å²) in [7, 11) is 1.89. The average Bonchev–Trinajstić information content (AvgIpc) is 2.84. The predicted molar refractivity (Wildman–Crippen MR) is 51.1 cm³/mol. The molecule has 1 aromatic carbocycles. The van der Waals surface area contributed by atoms with Crippen LogP contribution in [0.2, 0.25) is 0 Å². The highest BCUT2D eigenvalue weighted by Gasteiger charge is 2.39. The van der Waals surface area contributed by atoms with E-state index in [0.717, 1.165) is 19.0 Å². The number of hydrogen-bond acceptors (Lipinski definition) is 1. The largest absolute Gasteiger partial charge is 0.319 e. The van der Waals surface area contributed by atoms with Gasteiger partial charge in [-0.2, -0.15) is 0 Å². The van der Waals surface area contributed by atoms with Gasteiger partial charge in [-0.1, -0.05) is 6.07 Å². The molecule has 0 aromatic heterocycles. The van der Waals surface area contributed by atoms with Crippen LogP contribution >= 0.6 is 0 Å². The van der Waals surface area contributed by atoms with Crippen molar-refractivity contribution in [2.45, 2.75) is 12.3 Å². The number of halogens is 2. The lowest BCUT2D eigenvalue weighted by Crippen LogP contribution is -2.10. The van der Waals surface area contributed by atoms with Gasteiger partial charge in [0.25, 0.3) is 0 Å². The normalized spacial score (nSPS) is 25.1. The molecule has 0 aliphatic heterocycles. The highest BCUT2D eigenvalue weighted by molar-refractivity contribution is 5.28. The van der Waals surface area contributed by atoms with E-state index in [1.54, 1.807) is 6.07 Å². The SMILES string of the molecule is CNC[C@H]1C[C@@H]1c1ccc(F)cc1F. The van der Waals surface area contributed by atoms with Gasteiger partial charge in [0.05, 0.1) is 0 Å². The van der Waals surface area contributed by atoms with Crippen LogP contribution in [0.25, 0.3) is 0 Å². The molecule has 0 radical (unpaired) electrons. The van der Waals surface area contributed by atoms with Crippen molar-refractivity contribution in [3.05, 3.63) is 35.4 Å². The summed E-state index contributed by atoms with van der Waals surface area (Å²) in [5.41, 5.74) is 0.659. The molecule has 0 amide bonds. The van der Waals surface area contributed by atoms with Gasteiger partial charge < -0.3 is 5.32 Å². The average molecular weight is 197 g/mol. The third kappa shape index (κ3) is 1.77. The van der Waals surface area contributed by atoms with Crippen LogP contribution in [-0.4, -0.2) is 13.6 Å². The minimum atomic E-state index is -0.503. The van der Waals surface area contributed by atoms with E-state index in [4.69, 9.17) is 0 Å². The van der Waals surface area contributed by atoms with Crippen LogP contribution in [0.4, 0.5) is 8.78 Å². The van der Waals surface area contributed by atoms with Gasteiger partial charge >= 0.3 is 0 Å². The van der Waals surface area contributed by atoms with Gasteiger partial charge in [0, 0.05) is 6.07 Å². The topological polar surface area (TPSA) is 12.0 Å². The van der Waals surface area contributed by atoms with E-state index < -0.39 is 11.6 Å². The van der Waals surface area contributed by atoms with Crippen LogP contribution in [0.1, 0.15) is 17.9 Å². The molecule has 2 atom stereocenters. The lowest BCUT2D eigenvalue weighted by Gasteiger charge is -2.02. The molecular weight excluding hydrogens is 184 g/mol. The molecule has 76 valence electrons. The maximum absolute atomic E-state index is 13.3. The second kappa shape index (κ2) is 3.65. The van der Waals surface area contributed by atoms with E-state index in [2.05, 4.69) is 5.32 Å². The zero-order valence-corrected chi connectivity index (χ0v) is 8.06. The summed E-state index contributed by atoms with van der Waals surface area (Å²) in [5, 5.41) is 3.06. The summed E-state index contributed by atoms with van der Waals surface area (Å²) in [5.74, 6) is -0.117. The first-order valence-corrected chi connectivity index (χ1v) is 4.82. The van der Waals surface area contributed by atoms with Crippen LogP contribution in [0.15, 0.2) is 18.2 Å². The fourth-order valence-electron chi connectivity index (χ4n) is 1.92. The van der Waals surface area contributed by atoms with Gasteiger partial charge in [-0.25, -0.2) is 8.78 Å². The van der Waals surface area contributed by atoms with Gasteiger partial charge in [0.1, 0.15) is 11.6 Å². The van der Waals surface area contributed by atoms with Crippen LogP contribution in [0.3, 0.4) is 0 Å². The van der Waals surface area contributed by atoms with Gasteiger partial charge in [-0.05, 0) is 43.5 Å². The van der Waals surface area contributed by atoms with Gasteiger partial charge in [0.2, 0.25) is 0 Å². The number of nitrogens with one attached hydrogen (secondary N) is 1. The molecular formula is C11H13F2N. The van der Waals surface area contributed by atoms with Gasteiger partial charge in [-0.15, -0.1) is 0 Å². The molecule has 1 saturated carbocycles. The number of benzene rings is 1. The second-order valence-electron chi connectivity index (χ2n) is 3.83. The van der Waals surface area contributed by atoms with Crippen molar-refractivity contribution >= 4 is 0 Å². The summed E-state index contributed by atoms with van der Waals surface area (Å²) in [6, 6.07) is 3.85. The Morgan fingerprint density at radius 2 is 2.21 bits per heavy atom. The second-order valence-corrected chi connectivity index (χ2v) is 3.83. The first-order chi connectivity index (χ1) is 6.72. The minimum absolute atomic E-state index is 0.281. The molecule has 0 unspecified atom stereocenters. The van der Waals surface area contributed by atoms with E-state index in [9.17, 15) is 8.78 Å². The smallest absolute Gasteiger partial charge is 0.129 e. The Balaban J connectivity index is 2.11. The van der Waals surface area contributed by atoms with E-state index in [-0.39, 0.29) is 5.92 Å². The molecule has 2 rings (SSSR count). The summed E-state index contributed by atoms with van der Waals surface area (Å²) in [4.78, 5) is 0. The van der Waals surface area contributed by atoms with Crippen LogP contribution < -0.4 is 5.32 Å². The first kappa shape index (κ1) is 9.59. The standard InChI is InChI=1S/C11H13F2N/c1-14-6-7-4-10(7)9-3-2-8(12)5-11(9)13/h2-3,5,7,10,14H,4,6H2,1H3/t7-,10+/m1/s1. The van der Waals surface area contributed by atoms with E-state index in [0.29, 0.717) is 11.5 Å². The maximum Gasteiger partial charge on any atom is 0.129 e. The van der Waals surface area contributed by atoms with E-state index in [1.165, 1.54) is 6.07 Å². The summed E-state index contributed by atoms with van der Waals surface area (Å²) < 4.78 is 25.9. The maximum atomic E-state index is 13.3. The monoisotopic (exact) mass is 197 g/mol. The van der Waals surface area contributed by atoms with Crippen LogP contribution in [0, 0.1) is 17.6 Å². The van der Waals surface area contributed by atoms with E-state index >= 15 is 0 Å². The predicted octanol–water partition coefficient (Wildman–Crippen LogP) is 2.29. The van der Waals surface area contributed by atoms with Crippen molar-refractivity contribution in [1.82, 2.24) is 5.32 Å². The third-order valence-corrected chi connectivity index (χ3v) is 2.75. The fourth-order valence-corrected chi connectivity index (χ4v) is 1.92. The minimum Gasteiger partial charge on any atom is -0.319 e. The fraction of sp³-hybridized carbons (Fsp3) is 0.455. The van der Waals surface area contributed by atoms with Crippen molar-refractivity contribution in [3.8, 4) is 0 Å². The summed E-state index contributed by atoms with van der Waals surface area (Å²) in [6.45, 7) is 0.904. The van der Waals surface area contributed by atoms with Crippen LogP contribution in [-0.2, 0) is 0 Å². The van der Waals surface area contributed by atoms with Crippen molar-refractivity contribution in [2.24, 2.45) is 5.92 Å². The summed E-state index contributed by atoms with van der Waals surface area (Å²) >= 11 is 0. The zero-order chi connectivity index (χ0) is 10.1.